The number of halogens is 1. The Balaban J connectivity index is 1.62. The molecule has 7 heteroatoms. The molecule has 1 saturated heterocycles. The molecule has 2 amide bonds. The lowest BCUT2D eigenvalue weighted by Crippen LogP contribution is -2.49. The van der Waals surface area contributed by atoms with Gasteiger partial charge in [-0.3, -0.25) is 9.59 Å². The van der Waals surface area contributed by atoms with Gasteiger partial charge in [0.25, 0.3) is 0 Å². The molecule has 1 N–H and O–H groups in total. The van der Waals surface area contributed by atoms with Crippen LogP contribution in [0.5, 0.6) is 0 Å². The minimum atomic E-state index is 0.0701. The minimum Gasteiger partial charge on any atom is -0.368 e. The smallest absolute Gasteiger partial charge is 0.224 e. The number of piperazine rings is 1. The van der Waals surface area contributed by atoms with E-state index in [1.54, 1.807) is 13.8 Å². The van der Waals surface area contributed by atoms with Gasteiger partial charge >= 0.3 is 0 Å². The van der Waals surface area contributed by atoms with Crippen LogP contribution >= 0.6 is 11.6 Å². The Bertz CT molecular complexity index is 951. The molecule has 1 aromatic carbocycles. The van der Waals surface area contributed by atoms with E-state index in [0.717, 1.165) is 54.6 Å². The fourth-order valence-electron chi connectivity index (χ4n) is 5.19. The monoisotopic (exact) mass is 456 g/mol. The molecule has 3 aliphatic rings. The van der Waals surface area contributed by atoms with Crippen LogP contribution in [0, 0.1) is 5.92 Å². The molecule has 0 bridgehead atoms. The van der Waals surface area contributed by atoms with E-state index in [2.05, 4.69) is 54.4 Å². The molecule has 4 atom stereocenters. The molecule has 0 radical (unpaired) electrons. The molecule has 0 aromatic heterocycles. The summed E-state index contributed by atoms with van der Waals surface area (Å²) in [5, 5.41) is 4.61. The highest BCUT2D eigenvalue weighted by atomic mass is 35.5. The number of hydrogen-bond donors (Lipinski definition) is 1. The Morgan fingerprint density at radius 2 is 1.78 bits per heavy atom. The summed E-state index contributed by atoms with van der Waals surface area (Å²) in [6.07, 6.45) is 7.03. The SMILES string of the molecule is CC(=O)N1CCN(c2ccc3c(c2)C(NC2C=CC(Cl)=C[C@H]2C)CC(C)N3C(C)=O)CC1. The van der Waals surface area contributed by atoms with E-state index in [0.29, 0.717) is 5.92 Å². The van der Waals surface area contributed by atoms with Gasteiger partial charge in [-0.2, -0.15) is 0 Å². The van der Waals surface area contributed by atoms with Gasteiger partial charge in [-0.25, -0.2) is 0 Å². The highest BCUT2D eigenvalue weighted by molar-refractivity contribution is 6.31. The van der Waals surface area contributed by atoms with Crippen molar-refractivity contribution in [2.45, 2.75) is 52.2 Å². The van der Waals surface area contributed by atoms with Crippen molar-refractivity contribution in [3.63, 3.8) is 0 Å². The van der Waals surface area contributed by atoms with Gasteiger partial charge in [-0.05, 0) is 49.1 Å². The van der Waals surface area contributed by atoms with Crippen molar-refractivity contribution in [2.24, 2.45) is 5.92 Å². The topological polar surface area (TPSA) is 55.9 Å². The van der Waals surface area contributed by atoms with Crippen LogP contribution in [0.25, 0.3) is 0 Å². The maximum absolute atomic E-state index is 12.5. The van der Waals surface area contributed by atoms with Gasteiger partial charge in [0.15, 0.2) is 0 Å². The summed E-state index contributed by atoms with van der Waals surface area (Å²) in [5.41, 5.74) is 3.29. The number of nitrogens with one attached hydrogen (secondary N) is 1. The third-order valence-corrected chi connectivity index (χ3v) is 7.19. The first-order chi connectivity index (χ1) is 15.2. The molecular formula is C25H33ClN4O2. The van der Waals surface area contributed by atoms with Crippen molar-refractivity contribution in [3.05, 3.63) is 47.0 Å². The molecular weight excluding hydrogens is 424 g/mol. The third kappa shape index (κ3) is 4.57. The van der Waals surface area contributed by atoms with Crippen LogP contribution in [0.4, 0.5) is 11.4 Å². The second kappa shape index (κ2) is 9.28. The first-order valence-electron chi connectivity index (χ1n) is 11.5. The zero-order valence-electron chi connectivity index (χ0n) is 19.3. The van der Waals surface area contributed by atoms with Crippen LogP contribution in [0.2, 0.25) is 0 Å². The quantitative estimate of drug-likeness (QED) is 0.751. The zero-order valence-corrected chi connectivity index (χ0v) is 20.1. The summed E-state index contributed by atoms with van der Waals surface area (Å²) in [4.78, 5) is 30.3. The van der Waals surface area contributed by atoms with Crippen molar-refractivity contribution in [3.8, 4) is 0 Å². The van der Waals surface area contributed by atoms with Crippen LogP contribution in [-0.2, 0) is 9.59 Å². The Labute approximate surface area is 195 Å². The van der Waals surface area contributed by atoms with E-state index in [1.165, 1.54) is 0 Å². The molecule has 1 aromatic rings. The van der Waals surface area contributed by atoms with Crippen molar-refractivity contribution in [2.75, 3.05) is 36.0 Å². The van der Waals surface area contributed by atoms with Crippen LogP contribution in [-0.4, -0.2) is 55.0 Å². The van der Waals surface area contributed by atoms with Gasteiger partial charge < -0.3 is 20.0 Å². The van der Waals surface area contributed by atoms with E-state index >= 15 is 0 Å². The number of benzene rings is 1. The molecule has 32 heavy (non-hydrogen) atoms. The first kappa shape index (κ1) is 22.9. The number of amides is 2. The summed E-state index contributed by atoms with van der Waals surface area (Å²) in [6.45, 7) is 10.7. The second-order valence-electron chi connectivity index (χ2n) is 9.22. The van der Waals surface area contributed by atoms with Gasteiger partial charge in [0, 0.05) is 74.6 Å². The molecule has 1 aliphatic carbocycles. The van der Waals surface area contributed by atoms with Gasteiger partial charge in [0.1, 0.15) is 0 Å². The average Bonchev–Trinajstić information content (AvgIpc) is 2.75. The third-order valence-electron chi connectivity index (χ3n) is 6.94. The lowest BCUT2D eigenvalue weighted by molar-refractivity contribution is -0.129. The van der Waals surface area contributed by atoms with Gasteiger partial charge in [-0.15, -0.1) is 0 Å². The Morgan fingerprint density at radius 3 is 2.41 bits per heavy atom. The number of rotatable bonds is 3. The largest absolute Gasteiger partial charge is 0.368 e. The number of carbonyl (C=O) groups is 2. The van der Waals surface area contributed by atoms with Crippen LogP contribution < -0.4 is 15.1 Å². The predicted molar refractivity (Wildman–Crippen MR) is 130 cm³/mol. The predicted octanol–water partition coefficient (Wildman–Crippen LogP) is 3.83. The zero-order chi connectivity index (χ0) is 23.0. The van der Waals surface area contributed by atoms with Gasteiger partial charge in [-0.1, -0.05) is 30.7 Å². The van der Waals surface area contributed by atoms with Crippen LogP contribution in [0.1, 0.15) is 45.7 Å². The minimum absolute atomic E-state index is 0.0701. The molecule has 172 valence electrons. The number of allylic oxidation sites excluding steroid dienone is 2. The molecule has 0 saturated carbocycles. The first-order valence-corrected chi connectivity index (χ1v) is 11.9. The maximum Gasteiger partial charge on any atom is 0.224 e. The number of anilines is 2. The fraction of sp³-hybridized carbons (Fsp3) is 0.520. The van der Waals surface area contributed by atoms with Gasteiger partial charge in [0.05, 0.1) is 0 Å². The molecule has 2 aliphatic heterocycles. The summed E-state index contributed by atoms with van der Waals surface area (Å²) < 4.78 is 0. The standard InChI is InChI=1S/C25H33ClN4O2/c1-16-13-20(26)5-7-23(16)27-24-14-17(2)30(19(4)32)25-8-6-21(15-22(24)25)29-11-9-28(10-12-29)18(3)31/h5-8,13,15-17,23-24,27H,9-12,14H2,1-4H3/t16-,17?,23?,24?/m1/s1. The van der Waals surface area contributed by atoms with Crippen molar-refractivity contribution < 1.29 is 9.59 Å². The molecule has 6 nitrogen and oxygen atoms in total. The van der Waals surface area contributed by atoms with Crippen molar-refractivity contribution >= 4 is 34.8 Å². The van der Waals surface area contributed by atoms with Crippen LogP contribution in [0.3, 0.4) is 0 Å². The Kier molecular flexibility index (Phi) is 6.63. The van der Waals surface area contributed by atoms with Gasteiger partial charge in [0.2, 0.25) is 11.8 Å². The second-order valence-corrected chi connectivity index (χ2v) is 9.66. The maximum atomic E-state index is 12.5. The van der Waals surface area contributed by atoms with Crippen molar-refractivity contribution in [1.29, 1.82) is 0 Å². The summed E-state index contributed by atoms with van der Waals surface area (Å²) >= 11 is 6.19. The van der Waals surface area contributed by atoms with E-state index in [1.807, 2.05) is 15.9 Å². The molecule has 3 unspecified atom stereocenters. The summed E-state index contributed by atoms with van der Waals surface area (Å²) in [5.74, 6) is 0.495. The number of hydrogen-bond acceptors (Lipinski definition) is 4. The molecule has 1 fully saturated rings. The number of carbonyl (C=O) groups excluding carboxylic acids is 2. The average molecular weight is 457 g/mol. The molecule has 0 spiro atoms. The fourth-order valence-corrected chi connectivity index (χ4v) is 5.46. The molecule has 2 heterocycles. The van der Waals surface area contributed by atoms with Crippen LogP contribution in [0.15, 0.2) is 41.5 Å². The van der Waals surface area contributed by atoms with Crippen molar-refractivity contribution in [1.82, 2.24) is 10.2 Å². The van der Waals surface area contributed by atoms with E-state index < -0.39 is 0 Å². The highest BCUT2D eigenvalue weighted by Crippen LogP contribution is 2.40. The summed E-state index contributed by atoms with van der Waals surface area (Å²) in [7, 11) is 0. The Hall–Kier alpha value is -2.31. The highest BCUT2D eigenvalue weighted by Gasteiger charge is 2.34. The number of fused-ring (bicyclic) bond motifs is 1. The Morgan fingerprint density at radius 1 is 1.06 bits per heavy atom. The number of nitrogens with zero attached hydrogens (tertiary/aromatic N) is 3. The summed E-state index contributed by atoms with van der Waals surface area (Å²) in [6, 6.07) is 6.87. The van der Waals surface area contributed by atoms with E-state index in [-0.39, 0.29) is 29.9 Å². The van der Waals surface area contributed by atoms with E-state index in [9.17, 15) is 9.59 Å². The molecule has 4 rings (SSSR count). The lowest BCUT2D eigenvalue weighted by Gasteiger charge is -2.42. The van der Waals surface area contributed by atoms with E-state index in [4.69, 9.17) is 11.6 Å². The normalized spacial score (nSPS) is 27.8. The lowest BCUT2D eigenvalue weighted by atomic mass is 9.88.